The van der Waals surface area contributed by atoms with E-state index in [1.165, 1.54) is 0 Å². The van der Waals surface area contributed by atoms with E-state index in [2.05, 4.69) is 11.7 Å². The van der Waals surface area contributed by atoms with Crippen LogP contribution in [0.4, 0.5) is 0 Å². The standard InChI is InChI=1S/C12H19N3O/c1-4-6-11(13)12(16)8-10-7-9(5-2)14-15(10)3/h4,7,11H,1,5-6,8,13H2,2-3H3. The molecule has 0 radical (unpaired) electrons. The molecule has 0 aliphatic heterocycles. The molecule has 0 aliphatic carbocycles. The second-order valence-electron chi connectivity index (χ2n) is 3.88. The van der Waals surface area contributed by atoms with Crippen molar-refractivity contribution < 1.29 is 4.79 Å². The molecule has 1 rings (SSSR count). The van der Waals surface area contributed by atoms with Crippen LogP contribution in [-0.4, -0.2) is 21.6 Å². The first-order valence-corrected chi connectivity index (χ1v) is 5.49. The monoisotopic (exact) mass is 221 g/mol. The van der Waals surface area contributed by atoms with Crippen LogP contribution in [0.15, 0.2) is 18.7 Å². The number of rotatable bonds is 6. The average Bonchev–Trinajstić information content (AvgIpc) is 2.60. The van der Waals surface area contributed by atoms with Gasteiger partial charge in [0.1, 0.15) is 0 Å². The van der Waals surface area contributed by atoms with E-state index in [1.807, 2.05) is 20.0 Å². The first kappa shape index (κ1) is 12.6. The Morgan fingerprint density at radius 2 is 2.44 bits per heavy atom. The molecule has 1 unspecified atom stereocenters. The SMILES string of the molecule is C=CCC(N)C(=O)Cc1cc(CC)nn1C. The molecular formula is C12H19N3O. The van der Waals surface area contributed by atoms with E-state index < -0.39 is 6.04 Å². The maximum atomic E-state index is 11.7. The molecule has 0 aliphatic rings. The van der Waals surface area contributed by atoms with E-state index in [0.29, 0.717) is 12.8 Å². The Morgan fingerprint density at radius 1 is 1.75 bits per heavy atom. The largest absolute Gasteiger partial charge is 0.321 e. The van der Waals surface area contributed by atoms with E-state index >= 15 is 0 Å². The minimum atomic E-state index is -0.447. The van der Waals surface area contributed by atoms with Gasteiger partial charge in [-0.2, -0.15) is 5.10 Å². The highest BCUT2D eigenvalue weighted by molar-refractivity contribution is 5.85. The lowest BCUT2D eigenvalue weighted by atomic mass is 10.1. The highest BCUT2D eigenvalue weighted by Crippen LogP contribution is 2.06. The molecule has 1 aromatic rings. The van der Waals surface area contributed by atoms with Crippen LogP contribution in [-0.2, 0) is 24.7 Å². The van der Waals surface area contributed by atoms with Gasteiger partial charge in [0, 0.05) is 12.7 Å². The summed E-state index contributed by atoms with van der Waals surface area (Å²) < 4.78 is 1.75. The highest BCUT2D eigenvalue weighted by atomic mass is 16.1. The molecule has 0 saturated heterocycles. The van der Waals surface area contributed by atoms with E-state index in [-0.39, 0.29) is 5.78 Å². The molecule has 1 aromatic heterocycles. The van der Waals surface area contributed by atoms with Crippen LogP contribution in [0.3, 0.4) is 0 Å². The molecule has 1 heterocycles. The summed E-state index contributed by atoms with van der Waals surface area (Å²) in [4.78, 5) is 11.7. The lowest BCUT2D eigenvalue weighted by molar-refractivity contribution is -0.119. The van der Waals surface area contributed by atoms with E-state index in [1.54, 1.807) is 10.8 Å². The minimum Gasteiger partial charge on any atom is -0.321 e. The molecule has 4 nitrogen and oxygen atoms in total. The third-order valence-electron chi connectivity index (χ3n) is 2.58. The fourth-order valence-electron chi connectivity index (χ4n) is 1.53. The van der Waals surface area contributed by atoms with Crippen molar-refractivity contribution >= 4 is 5.78 Å². The lowest BCUT2D eigenvalue weighted by Crippen LogP contribution is -2.31. The number of aromatic nitrogens is 2. The highest BCUT2D eigenvalue weighted by Gasteiger charge is 2.15. The first-order chi connectivity index (χ1) is 7.58. The fourth-order valence-corrected chi connectivity index (χ4v) is 1.53. The number of carbonyl (C=O) groups excluding carboxylic acids is 1. The van der Waals surface area contributed by atoms with Crippen LogP contribution in [0, 0.1) is 0 Å². The number of hydrogen-bond acceptors (Lipinski definition) is 3. The molecule has 0 spiro atoms. The number of carbonyl (C=O) groups is 1. The topological polar surface area (TPSA) is 60.9 Å². The maximum Gasteiger partial charge on any atom is 0.155 e. The Morgan fingerprint density at radius 3 is 2.94 bits per heavy atom. The molecule has 0 amide bonds. The number of nitrogens with zero attached hydrogens (tertiary/aromatic N) is 2. The summed E-state index contributed by atoms with van der Waals surface area (Å²) in [5, 5.41) is 4.29. The van der Waals surface area contributed by atoms with Crippen LogP contribution in [0.2, 0.25) is 0 Å². The number of ketones is 1. The molecule has 0 aromatic carbocycles. The van der Waals surface area contributed by atoms with Crippen molar-refractivity contribution in [1.29, 1.82) is 0 Å². The molecule has 1 atom stereocenters. The van der Waals surface area contributed by atoms with Crippen LogP contribution in [0.5, 0.6) is 0 Å². The van der Waals surface area contributed by atoms with Crippen LogP contribution >= 0.6 is 0 Å². The van der Waals surface area contributed by atoms with Gasteiger partial charge in [-0.3, -0.25) is 9.48 Å². The summed E-state index contributed by atoms with van der Waals surface area (Å²) >= 11 is 0. The number of Topliss-reactive ketones (excluding diaryl/α,β-unsaturated/α-hetero) is 1. The van der Waals surface area contributed by atoms with Crippen LogP contribution in [0.25, 0.3) is 0 Å². The third kappa shape index (κ3) is 3.03. The molecule has 0 saturated carbocycles. The Kier molecular flexibility index (Phi) is 4.43. The third-order valence-corrected chi connectivity index (χ3v) is 2.58. The van der Waals surface area contributed by atoms with E-state index in [9.17, 15) is 4.79 Å². The van der Waals surface area contributed by atoms with E-state index in [0.717, 1.165) is 17.8 Å². The zero-order valence-electron chi connectivity index (χ0n) is 9.94. The second-order valence-corrected chi connectivity index (χ2v) is 3.88. The first-order valence-electron chi connectivity index (χ1n) is 5.49. The summed E-state index contributed by atoms with van der Waals surface area (Å²) in [5.41, 5.74) is 7.63. The Hall–Kier alpha value is -1.42. The van der Waals surface area contributed by atoms with Crippen molar-refractivity contribution in [3.8, 4) is 0 Å². The van der Waals surface area contributed by atoms with Gasteiger partial charge in [0.25, 0.3) is 0 Å². The predicted octanol–water partition coefficient (Wildman–Crippen LogP) is 0.997. The Bertz CT molecular complexity index is 382. The van der Waals surface area contributed by atoms with Gasteiger partial charge >= 0.3 is 0 Å². The zero-order chi connectivity index (χ0) is 12.1. The van der Waals surface area contributed by atoms with Gasteiger partial charge in [-0.05, 0) is 18.9 Å². The molecular weight excluding hydrogens is 202 g/mol. The second kappa shape index (κ2) is 5.61. The number of hydrogen-bond donors (Lipinski definition) is 1. The van der Waals surface area contributed by atoms with E-state index in [4.69, 9.17) is 5.73 Å². The summed E-state index contributed by atoms with van der Waals surface area (Å²) in [7, 11) is 1.85. The van der Waals surface area contributed by atoms with Gasteiger partial charge < -0.3 is 5.73 Å². The fraction of sp³-hybridized carbons (Fsp3) is 0.500. The predicted molar refractivity (Wildman–Crippen MR) is 64.1 cm³/mol. The van der Waals surface area contributed by atoms with Crippen LogP contribution < -0.4 is 5.73 Å². The van der Waals surface area contributed by atoms with Gasteiger partial charge in [0.05, 0.1) is 18.2 Å². The van der Waals surface area contributed by atoms with Gasteiger partial charge in [0.2, 0.25) is 0 Å². The number of aryl methyl sites for hydroxylation is 2. The summed E-state index contributed by atoms with van der Waals surface area (Å²) in [5.74, 6) is 0.0329. The molecule has 88 valence electrons. The number of nitrogens with two attached hydrogens (primary N) is 1. The van der Waals surface area contributed by atoms with Gasteiger partial charge in [-0.1, -0.05) is 13.0 Å². The van der Waals surface area contributed by atoms with Crippen molar-refractivity contribution in [2.24, 2.45) is 12.8 Å². The minimum absolute atomic E-state index is 0.0329. The van der Waals surface area contributed by atoms with Crippen molar-refractivity contribution in [3.05, 3.63) is 30.1 Å². The summed E-state index contributed by atoms with van der Waals surface area (Å²) in [6.45, 7) is 5.61. The maximum absolute atomic E-state index is 11.7. The molecule has 16 heavy (non-hydrogen) atoms. The smallest absolute Gasteiger partial charge is 0.155 e. The summed E-state index contributed by atoms with van der Waals surface area (Å²) in [6, 6.07) is 1.51. The van der Waals surface area contributed by atoms with Crippen molar-refractivity contribution in [3.63, 3.8) is 0 Å². The Labute approximate surface area is 96.1 Å². The van der Waals surface area contributed by atoms with Gasteiger partial charge in [-0.25, -0.2) is 0 Å². The zero-order valence-corrected chi connectivity index (χ0v) is 9.94. The molecule has 2 N–H and O–H groups in total. The molecule has 0 fully saturated rings. The lowest BCUT2D eigenvalue weighted by Gasteiger charge is -2.07. The van der Waals surface area contributed by atoms with Crippen molar-refractivity contribution in [2.45, 2.75) is 32.2 Å². The van der Waals surface area contributed by atoms with Crippen molar-refractivity contribution in [2.75, 3.05) is 0 Å². The molecule has 0 bridgehead atoms. The summed E-state index contributed by atoms with van der Waals surface area (Å²) in [6.07, 6.45) is 3.42. The molecule has 4 heteroatoms. The quantitative estimate of drug-likeness (QED) is 0.729. The van der Waals surface area contributed by atoms with Gasteiger partial charge in [-0.15, -0.1) is 6.58 Å². The Balaban J connectivity index is 2.68. The average molecular weight is 221 g/mol. The normalized spacial score (nSPS) is 12.4. The van der Waals surface area contributed by atoms with Gasteiger partial charge in [0.15, 0.2) is 5.78 Å². The van der Waals surface area contributed by atoms with Crippen LogP contribution in [0.1, 0.15) is 24.7 Å². The van der Waals surface area contributed by atoms with Crippen molar-refractivity contribution in [1.82, 2.24) is 9.78 Å².